The van der Waals surface area contributed by atoms with Crippen LogP contribution in [0.15, 0.2) is 24.3 Å². The van der Waals surface area contributed by atoms with Gasteiger partial charge in [0.25, 0.3) is 5.91 Å². The zero-order valence-corrected chi connectivity index (χ0v) is 10.9. The van der Waals surface area contributed by atoms with Crippen molar-refractivity contribution >= 4 is 12.2 Å². The highest BCUT2D eigenvalue weighted by molar-refractivity contribution is 6.01. The van der Waals surface area contributed by atoms with Crippen molar-refractivity contribution in [3.8, 4) is 0 Å². The van der Waals surface area contributed by atoms with Crippen LogP contribution >= 0.6 is 0 Å². The second-order valence-corrected chi connectivity index (χ2v) is 4.46. The van der Waals surface area contributed by atoms with E-state index in [9.17, 15) is 9.59 Å². The lowest BCUT2D eigenvalue weighted by Crippen LogP contribution is -2.51. The average molecular weight is 263 g/mol. The highest BCUT2D eigenvalue weighted by atomic mass is 17.3. The summed E-state index contributed by atoms with van der Waals surface area (Å²) < 4.78 is 0. The van der Waals surface area contributed by atoms with Gasteiger partial charge in [0.2, 0.25) is 0 Å². The molecule has 5 nitrogen and oxygen atoms in total. The second-order valence-electron chi connectivity index (χ2n) is 4.46. The van der Waals surface area contributed by atoms with E-state index in [0.29, 0.717) is 17.4 Å². The Kier molecular flexibility index (Phi) is 4.65. The molecular formula is C14H17NO4. The minimum Gasteiger partial charge on any atom is -0.298 e. The SMILES string of the molecule is CCCCCC1OON1C(=O)c1ccccc1C=O. The van der Waals surface area contributed by atoms with Gasteiger partial charge in [-0.1, -0.05) is 38.0 Å². The van der Waals surface area contributed by atoms with E-state index in [0.717, 1.165) is 25.7 Å². The highest BCUT2D eigenvalue weighted by Crippen LogP contribution is 2.24. The molecule has 1 saturated heterocycles. The number of carbonyl (C=O) groups is 2. The van der Waals surface area contributed by atoms with Gasteiger partial charge in [-0.2, -0.15) is 9.95 Å². The number of nitrogens with zero attached hydrogens (tertiary/aromatic N) is 1. The van der Waals surface area contributed by atoms with Crippen molar-refractivity contribution in [3.05, 3.63) is 35.4 Å². The fourth-order valence-corrected chi connectivity index (χ4v) is 1.96. The van der Waals surface area contributed by atoms with Gasteiger partial charge in [-0.05, 0) is 18.9 Å². The topological polar surface area (TPSA) is 55.8 Å². The Balaban J connectivity index is 2.01. The van der Waals surface area contributed by atoms with Gasteiger partial charge in [-0.25, -0.2) is 0 Å². The number of carbonyl (C=O) groups excluding carboxylic acids is 2. The average Bonchev–Trinajstić information content (AvgIpc) is 2.42. The lowest BCUT2D eigenvalue weighted by molar-refractivity contribution is -0.571. The van der Waals surface area contributed by atoms with E-state index in [2.05, 4.69) is 6.92 Å². The molecule has 0 saturated carbocycles. The first-order chi connectivity index (χ1) is 9.27. The van der Waals surface area contributed by atoms with Gasteiger partial charge in [0.05, 0.1) is 5.56 Å². The number of benzene rings is 1. The number of amides is 1. The molecule has 1 amide bonds. The Bertz CT molecular complexity index is 461. The first-order valence-electron chi connectivity index (χ1n) is 6.49. The molecule has 0 aromatic heterocycles. The standard InChI is InChI=1S/C14H17NO4/c1-2-3-4-9-13-15(19-18-13)14(17)12-8-6-5-7-11(12)10-16/h5-8,10,13H,2-4,9H2,1H3. The van der Waals surface area contributed by atoms with Crippen molar-refractivity contribution in [1.82, 2.24) is 5.06 Å². The summed E-state index contributed by atoms with van der Waals surface area (Å²) in [7, 11) is 0. The molecule has 1 aromatic carbocycles. The minimum absolute atomic E-state index is 0.335. The van der Waals surface area contributed by atoms with Crippen LogP contribution < -0.4 is 0 Å². The molecule has 1 unspecified atom stereocenters. The third kappa shape index (κ3) is 3.00. The Morgan fingerprint density at radius 3 is 2.79 bits per heavy atom. The number of hydroxylamine groups is 2. The van der Waals surface area contributed by atoms with Gasteiger partial charge in [0, 0.05) is 5.56 Å². The van der Waals surface area contributed by atoms with Gasteiger partial charge in [0.15, 0.2) is 12.5 Å². The lowest BCUT2D eigenvalue weighted by atomic mass is 10.1. The van der Waals surface area contributed by atoms with Crippen molar-refractivity contribution in [1.29, 1.82) is 0 Å². The Hall–Kier alpha value is -1.72. The fourth-order valence-electron chi connectivity index (χ4n) is 1.96. The van der Waals surface area contributed by atoms with E-state index in [4.69, 9.17) is 9.88 Å². The zero-order valence-electron chi connectivity index (χ0n) is 10.9. The molecule has 1 aliphatic rings. The van der Waals surface area contributed by atoms with Crippen LogP contribution in [0.25, 0.3) is 0 Å². The van der Waals surface area contributed by atoms with E-state index in [1.807, 2.05) is 0 Å². The molecular weight excluding hydrogens is 246 g/mol. The van der Waals surface area contributed by atoms with E-state index in [-0.39, 0.29) is 12.1 Å². The summed E-state index contributed by atoms with van der Waals surface area (Å²) in [4.78, 5) is 32.8. The van der Waals surface area contributed by atoms with Gasteiger partial charge >= 0.3 is 0 Å². The first kappa shape index (κ1) is 13.7. The van der Waals surface area contributed by atoms with E-state index in [1.54, 1.807) is 24.3 Å². The number of unbranched alkanes of at least 4 members (excludes halogenated alkanes) is 2. The molecule has 0 bridgehead atoms. The van der Waals surface area contributed by atoms with Crippen molar-refractivity contribution in [2.75, 3.05) is 0 Å². The monoisotopic (exact) mass is 263 g/mol. The van der Waals surface area contributed by atoms with Crippen LogP contribution in [0.3, 0.4) is 0 Å². The Morgan fingerprint density at radius 1 is 1.37 bits per heavy atom. The predicted octanol–water partition coefficient (Wildman–Crippen LogP) is 2.72. The molecule has 19 heavy (non-hydrogen) atoms. The number of hydrogen-bond acceptors (Lipinski definition) is 4. The predicted molar refractivity (Wildman–Crippen MR) is 68.1 cm³/mol. The van der Waals surface area contributed by atoms with Crippen LogP contribution in [-0.4, -0.2) is 23.5 Å². The molecule has 102 valence electrons. The van der Waals surface area contributed by atoms with Crippen LogP contribution in [0.4, 0.5) is 0 Å². The third-order valence-corrected chi connectivity index (χ3v) is 3.07. The summed E-state index contributed by atoms with van der Waals surface area (Å²) in [6.45, 7) is 2.11. The maximum absolute atomic E-state index is 12.2. The lowest BCUT2D eigenvalue weighted by Gasteiger charge is -2.36. The van der Waals surface area contributed by atoms with Crippen LogP contribution in [0.5, 0.6) is 0 Å². The molecule has 0 radical (unpaired) electrons. The molecule has 1 heterocycles. The fraction of sp³-hybridized carbons (Fsp3) is 0.429. The molecule has 2 rings (SSSR count). The van der Waals surface area contributed by atoms with E-state index < -0.39 is 0 Å². The number of hydrogen-bond donors (Lipinski definition) is 0. The highest BCUT2D eigenvalue weighted by Gasteiger charge is 2.37. The smallest absolute Gasteiger partial charge is 0.283 e. The quantitative estimate of drug-likeness (QED) is 0.450. The molecule has 0 spiro atoms. The first-order valence-corrected chi connectivity index (χ1v) is 6.49. The molecule has 0 N–H and O–H groups in total. The summed E-state index contributed by atoms with van der Waals surface area (Å²) in [6, 6.07) is 6.64. The summed E-state index contributed by atoms with van der Waals surface area (Å²) in [6.07, 6.45) is 4.23. The molecule has 1 fully saturated rings. The van der Waals surface area contributed by atoms with Crippen LogP contribution in [-0.2, 0) is 9.88 Å². The summed E-state index contributed by atoms with van der Waals surface area (Å²) >= 11 is 0. The third-order valence-electron chi connectivity index (χ3n) is 3.07. The molecule has 1 atom stereocenters. The van der Waals surface area contributed by atoms with Crippen LogP contribution in [0.1, 0.15) is 53.3 Å². The Morgan fingerprint density at radius 2 is 2.16 bits per heavy atom. The van der Waals surface area contributed by atoms with Gasteiger partial charge in [-0.15, -0.1) is 4.99 Å². The van der Waals surface area contributed by atoms with E-state index in [1.165, 1.54) is 5.06 Å². The number of rotatable bonds is 6. The molecule has 5 heteroatoms. The molecule has 0 aliphatic carbocycles. The number of aldehydes is 1. The van der Waals surface area contributed by atoms with E-state index >= 15 is 0 Å². The summed E-state index contributed by atoms with van der Waals surface area (Å²) in [5.74, 6) is -0.338. The van der Waals surface area contributed by atoms with Gasteiger partial charge in [-0.3, -0.25) is 9.59 Å². The van der Waals surface area contributed by atoms with Gasteiger partial charge in [0.1, 0.15) is 0 Å². The van der Waals surface area contributed by atoms with Gasteiger partial charge < -0.3 is 0 Å². The summed E-state index contributed by atoms with van der Waals surface area (Å²) in [5.41, 5.74) is 0.691. The maximum Gasteiger partial charge on any atom is 0.283 e. The van der Waals surface area contributed by atoms with Crippen LogP contribution in [0.2, 0.25) is 0 Å². The normalized spacial score (nSPS) is 17.9. The second kappa shape index (κ2) is 6.45. The molecule has 1 aromatic rings. The van der Waals surface area contributed by atoms with Crippen molar-refractivity contribution < 1.29 is 19.5 Å². The van der Waals surface area contributed by atoms with Crippen molar-refractivity contribution in [3.63, 3.8) is 0 Å². The van der Waals surface area contributed by atoms with Crippen LogP contribution in [0, 0.1) is 0 Å². The molecule has 1 aliphatic heterocycles. The van der Waals surface area contributed by atoms with Crippen molar-refractivity contribution in [2.45, 2.75) is 38.8 Å². The zero-order chi connectivity index (χ0) is 13.7. The largest absolute Gasteiger partial charge is 0.298 e. The van der Waals surface area contributed by atoms with Crippen molar-refractivity contribution in [2.24, 2.45) is 0 Å². The maximum atomic E-state index is 12.2. The Labute approximate surface area is 112 Å². The summed E-state index contributed by atoms with van der Waals surface area (Å²) in [5, 5.41) is 1.19. The minimum atomic E-state index is -0.348.